The van der Waals surface area contributed by atoms with E-state index < -0.39 is 0 Å². The van der Waals surface area contributed by atoms with Crippen LogP contribution in [0.25, 0.3) is 0 Å². The predicted molar refractivity (Wildman–Crippen MR) is 81.1 cm³/mol. The number of anilines is 1. The van der Waals surface area contributed by atoms with Crippen molar-refractivity contribution in [2.24, 2.45) is 5.92 Å². The minimum Gasteiger partial charge on any atom is -0.374 e. The van der Waals surface area contributed by atoms with Crippen LogP contribution in [0.3, 0.4) is 0 Å². The molecule has 0 amide bonds. The zero-order valence-electron chi connectivity index (χ0n) is 13.0. The van der Waals surface area contributed by atoms with Gasteiger partial charge in [-0.3, -0.25) is 0 Å². The lowest BCUT2D eigenvalue weighted by Crippen LogP contribution is -2.35. The van der Waals surface area contributed by atoms with Gasteiger partial charge in [0.15, 0.2) is 0 Å². The van der Waals surface area contributed by atoms with E-state index in [1.165, 1.54) is 6.07 Å². The van der Waals surface area contributed by atoms with Gasteiger partial charge in [0.1, 0.15) is 5.82 Å². The summed E-state index contributed by atoms with van der Waals surface area (Å²) in [6.07, 6.45) is 0. The highest BCUT2D eigenvalue weighted by Gasteiger charge is 2.13. The molecule has 0 heterocycles. The normalized spacial score (nSPS) is 12.0. The van der Waals surface area contributed by atoms with Crippen LogP contribution in [0.15, 0.2) is 18.2 Å². The Hall–Kier alpha value is -1.09. The first-order valence-corrected chi connectivity index (χ1v) is 6.93. The lowest BCUT2D eigenvalue weighted by Gasteiger charge is -2.27. The van der Waals surface area contributed by atoms with E-state index >= 15 is 0 Å². The highest BCUT2D eigenvalue weighted by Crippen LogP contribution is 2.22. The molecule has 0 fully saturated rings. The molecule has 1 N–H and O–H groups in total. The number of rotatable bonds is 5. The Kier molecular flexibility index (Phi) is 5.36. The molecule has 0 saturated heterocycles. The van der Waals surface area contributed by atoms with Gasteiger partial charge in [0, 0.05) is 31.4 Å². The Morgan fingerprint density at radius 2 is 1.89 bits per heavy atom. The maximum absolute atomic E-state index is 13.4. The Balaban J connectivity index is 2.91. The van der Waals surface area contributed by atoms with Crippen LogP contribution in [0.1, 0.15) is 40.2 Å². The lowest BCUT2D eigenvalue weighted by molar-refractivity contribution is 0.423. The number of halogens is 1. The Bertz CT molecular complexity index is 408. The molecule has 0 bridgehead atoms. The molecule has 0 atom stereocenters. The van der Waals surface area contributed by atoms with Crippen molar-refractivity contribution in [2.75, 3.05) is 18.5 Å². The Morgan fingerprint density at radius 1 is 1.26 bits per heavy atom. The topological polar surface area (TPSA) is 15.3 Å². The van der Waals surface area contributed by atoms with Crippen LogP contribution >= 0.6 is 0 Å². The third-order valence-electron chi connectivity index (χ3n) is 2.90. The maximum Gasteiger partial charge on any atom is 0.123 e. The molecule has 0 radical (unpaired) electrons. The summed E-state index contributed by atoms with van der Waals surface area (Å²) in [7, 11) is 2.06. The third-order valence-corrected chi connectivity index (χ3v) is 2.90. The molecule has 0 unspecified atom stereocenters. The Labute approximate surface area is 117 Å². The van der Waals surface area contributed by atoms with Crippen molar-refractivity contribution >= 4 is 5.69 Å². The molecular weight excluding hydrogens is 239 g/mol. The standard InChI is InChI=1S/C16H27FN2/c1-12(2)11-19(6)15-8-7-14(17)9-13(15)10-18-16(3,4)5/h7-9,12,18H,10-11H2,1-6H3. The first kappa shape index (κ1) is 16.0. The average Bonchev–Trinajstić information content (AvgIpc) is 2.24. The fourth-order valence-corrected chi connectivity index (χ4v) is 2.07. The zero-order valence-corrected chi connectivity index (χ0v) is 13.0. The average molecular weight is 266 g/mol. The van der Waals surface area contributed by atoms with E-state index in [9.17, 15) is 4.39 Å². The van der Waals surface area contributed by atoms with Crippen LogP contribution in [0, 0.1) is 11.7 Å². The van der Waals surface area contributed by atoms with Crippen molar-refractivity contribution in [2.45, 2.75) is 46.7 Å². The predicted octanol–water partition coefficient (Wildman–Crippen LogP) is 3.81. The summed E-state index contributed by atoms with van der Waals surface area (Å²) in [4.78, 5) is 2.20. The summed E-state index contributed by atoms with van der Waals surface area (Å²) < 4.78 is 13.4. The molecular formula is C16H27FN2. The lowest BCUT2D eigenvalue weighted by atomic mass is 10.1. The second-order valence-electron chi connectivity index (χ2n) is 6.65. The minimum absolute atomic E-state index is 0.0280. The number of benzene rings is 1. The van der Waals surface area contributed by atoms with Crippen molar-refractivity contribution in [3.63, 3.8) is 0 Å². The van der Waals surface area contributed by atoms with E-state index in [2.05, 4.69) is 51.9 Å². The van der Waals surface area contributed by atoms with Crippen molar-refractivity contribution < 1.29 is 4.39 Å². The smallest absolute Gasteiger partial charge is 0.123 e. The summed E-state index contributed by atoms with van der Waals surface area (Å²) in [5.41, 5.74) is 2.14. The van der Waals surface area contributed by atoms with Crippen LogP contribution in [-0.2, 0) is 6.54 Å². The van der Waals surface area contributed by atoms with Gasteiger partial charge in [-0.2, -0.15) is 0 Å². The van der Waals surface area contributed by atoms with Crippen molar-refractivity contribution in [3.8, 4) is 0 Å². The zero-order chi connectivity index (χ0) is 14.6. The molecule has 0 saturated carbocycles. The van der Waals surface area contributed by atoms with E-state index in [1.54, 1.807) is 6.07 Å². The largest absolute Gasteiger partial charge is 0.374 e. The highest BCUT2D eigenvalue weighted by molar-refractivity contribution is 5.53. The highest BCUT2D eigenvalue weighted by atomic mass is 19.1. The fraction of sp³-hybridized carbons (Fsp3) is 0.625. The maximum atomic E-state index is 13.4. The molecule has 1 aromatic carbocycles. The van der Waals surface area contributed by atoms with Crippen LogP contribution in [0.4, 0.5) is 10.1 Å². The monoisotopic (exact) mass is 266 g/mol. The molecule has 1 rings (SSSR count). The Morgan fingerprint density at radius 3 is 2.42 bits per heavy atom. The first-order chi connectivity index (χ1) is 8.69. The molecule has 0 aliphatic carbocycles. The fourth-order valence-electron chi connectivity index (χ4n) is 2.07. The molecule has 0 aromatic heterocycles. The van der Waals surface area contributed by atoms with Crippen LogP contribution in [0.5, 0.6) is 0 Å². The van der Waals surface area contributed by atoms with Gasteiger partial charge in [-0.15, -0.1) is 0 Å². The van der Waals surface area contributed by atoms with E-state index in [-0.39, 0.29) is 11.4 Å². The molecule has 1 aromatic rings. The number of nitrogens with one attached hydrogen (secondary N) is 1. The van der Waals surface area contributed by atoms with Gasteiger partial charge in [-0.25, -0.2) is 4.39 Å². The van der Waals surface area contributed by atoms with Crippen LogP contribution < -0.4 is 10.2 Å². The second-order valence-corrected chi connectivity index (χ2v) is 6.65. The molecule has 108 valence electrons. The van der Waals surface area contributed by atoms with E-state index in [0.29, 0.717) is 12.5 Å². The van der Waals surface area contributed by atoms with Crippen LogP contribution in [0.2, 0.25) is 0 Å². The number of hydrogen-bond donors (Lipinski definition) is 1. The minimum atomic E-state index is -0.174. The second kappa shape index (κ2) is 6.38. The van der Waals surface area contributed by atoms with Gasteiger partial charge in [0.05, 0.1) is 0 Å². The van der Waals surface area contributed by atoms with Gasteiger partial charge in [0.2, 0.25) is 0 Å². The third kappa shape index (κ3) is 5.60. The summed E-state index contributed by atoms with van der Waals surface area (Å²) >= 11 is 0. The van der Waals surface area contributed by atoms with Gasteiger partial charge < -0.3 is 10.2 Å². The molecule has 0 aliphatic heterocycles. The van der Waals surface area contributed by atoms with Crippen molar-refractivity contribution in [1.82, 2.24) is 5.32 Å². The van der Waals surface area contributed by atoms with Gasteiger partial charge in [-0.05, 0) is 50.5 Å². The van der Waals surface area contributed by atoms with E-state index in [0.717, 1.165) is 17.8 Å². The summed E-state index contributed by atoms with van der Waals surface area (Å²) in [5, 5.41) is 3.42. The van der Waals surface area contributed by atoms with Gasteiger partial charge >= 0.3 is 0 Å². The number of hydrogen-bond acceptors (Lipinski definition) is 2. The van der Waals surface area contributed by atoms with Crippen molar-refractivity contribution in [3.05, 3.63) is 29.6 Å². The molecule has 0 spiro atoms. The summed E-state index contributed by atoms with van der Waals surface area (Å²) in [5.74, 6) is 0.408. The molecule has 2 nitrogen and oxygen atoms in total. The van der Waals surface area contributed by atoms with Crippen molar-refractivity contribution in [1.29, 1.82) is 0 Å². The quantitative estimate of drug-likeness (QED) is 0.872. The summed E-state index contributed by atoms with van der Waals surface area (Å²) in [6, 6.07) is 5.04. The van der Waals surface area contributed by atoms with E-state index in [4.69, 9.17) is 0 Å². The summed E-state index contributed by atoms with van der Waals surface area (Å²) in [6.45, 7) is 12.4. The van der Waals surface area contributed by atoms with Crippen LogP contribution in [-0.4, -0.2) is 19.1 Å². The SMILES string of the molecule is CC(C)CN(C)c1ccc(F)cc1CNC(C)(C)C. The number of nitrogens with zero attached hydrogens (tertiary/aromatic N) is 1. The van der Waals surface area contributed by atoms with E-state index in [1.807, 2.05) is 6.07 Å². The molecule has 19 heavy (non-hydrogen) atoms. The molecule has 3 heteroatoms. The first-order valence-electron chi connectivity index (χ1n) is 6.93. The van der Waals surface area contributed by atoms with Gasteiger partial charge in [0.25, 0.3) is 0 Å². The van der Waals surface area contributed by atoms with Gasteiger partial charge in [-0.1, -0.05) is 13.8 Å². The molecule has 0 aliphatic rings.